The van der Waals surface area contributed by atoms with Crippen molar-refractivity contribution in [2.45, 2.75) is 13.8 Å². The molecule has 0 heterocycles. The van der Waals surface area contributed by atoms with Crippen molar-refractivity contribution in [3.8, 4) is 0 Å². The summed E-state index contributed by atoms with van der Waals surface area (Å²) in [6.45, 7) is 3.84. The highest BCUT2D eigenvalue weighted by Crippen LogP contribution is 2.13. The second-order valence-electron chi connectivity index (χ2n) is 2.39. The molecule has 3 heteroatoms. The molecule has 3 N–H and O–H groups in total. The fourth-order valence-corrected chi connectivity index (χ4v) is 0.774. The van der Waals surface area contributed by atoms with E-state index in [4.69, 9.17) is 15.6 Å². The summed E-state index contributed by atoms with van der Waals surface area (Å²) in [5, 5.41) is 6.89. The highest BCUT2D eigenvalue weighted by atomic mass is 16.3. The lowest BCUT2D eigenvalue weighted by atomic mass is 10.1. The zero-order chi connectivity index (χ0) is 9.56. The fourth-order valence-electron chi connectivity index (χ4n) is 0.774. The highest BCUT2D eigenvalue weighted by molar-refractivity contribution is 5.49. The Hall–Kier alpha value is -1.51. The van der Waals surface area contributed by atoms with Crippen molar-refractivity contribution in [1.29, 1.82) is 0 Å². The summed E-state index contributed by atoms with van der Waals surface area (Å²) in [5.41, 5.74) is 8.96. The topological polar surface area (TPSA) is 63.3 Å². The number of benzene rings is 1. The predicted octanol–water partition coefficient (Wildman–Crippen LogP) is 1.59. The third-order valence-corrected chi connectivity index (χ3v) is 1.65. The Kier molecular flexibility index (Phi) is 4.53. The van der Waals surface area contributed by atoms with E-state index in [1.54, 1.807) is 0 Å². The van der Waals surface area contributed by atoms with Gasteiger partial charge in [-0.05, 0) is 31.0 Å². The zero-order valence-electron chi connectivity index (χ0n) is 7.24. The molecule has 0 aromatic heterocycles. The molecule has 1 aromatic carbocycles. The molecule has 0 saturated heterocycles. The van der Waals surface area contributed by atoms with Gasteiger partial charge in [0.1, 0.15) is 0 Å². The van der Waals surface area contributed by atoms with Crippen molar-refractivity contribution in [2.75, 3.05) is 5.73 Å². The smallest absolute Gasteiger partial charge is 0.290 e. The van der Waals surface area contributed by atoms with E-state index in [0.717, 1.165) is 5.69 Å². The third kappa shape index (κ3) is 3.05. The molecule has 0 atom stereocenters. The molecule has 3 nitrogen and oxygen atoms in total. The van der Waals surface area contributed by atoms with Crippen LogP contribution in [0.2, 0.25) is 0 Å². The Morgan fingerprint density at radius 1 is 1.42 bits per heavy atom. The summed E-state index contributed by atoms with van der Waals surface area (Å²) in [4.78, 5) is 8.36. The van der Waals surface area contributed by atoms with Crippen LogP contribution >= 0.6 is 0 Å². The van der Waals surface area contributed by atoms with Gasteiger partial charge in [-0.15, -0.1) is 0 Å². The first-order chi connectivity index (χ1) is 5.63. The molecular formula is C9H13NO2. The van der Waals surface area contributed by atoms with E-state index in [9.17, 15) is 0 Å². The first kappa shape index (κ1) is 10.5. The van der Waals surface area contributed by atoms with Crippen molar-refractivity contribution in [3.63, 3.8) is 0 Å². The second kappa shape index (κ2) is 5.18. The van der Waals surface area contributed by atoms with Gasteiger partial charge in [-0.25, -0.2) is 0 Å². The average Bonchev–Trinajstić information content (AvgIpc) is 2.02. The molecule has 1 rings (SSSR count). The van der Waals surface area contributed by atoms with E-state index in [-0.39, 0.29) is 6.47 Å². The normalized spacial score (nSPS) is 8.17. The summed E-state index contributed by atoms with van der Waals surface area (Å²) in [5.74, 6) is 0. The van der Waals surface area contributed by atoms with Crippen LogP contribution in [0.4, 0.5) is 5.69 Å². The Balaban J connectivity index is 0.000000354. The van der Waals surface area contributed by atoms with E-state index in [1.165, 1.54) is 11.1 Å². The first-order valence-electron chi connectivity index (χ1n) is 3.53. The number of rotatable bonds is 0. The number of carboxylic acid groups (broad SMARTS) is 1. The lowest BCUT2D eigenvalue weighted by Gasteiger charge is -2.00. The average molecular weight is 167 g/mol. The summed E-state index contributed by atoms with van der Waals surface area (Å²) in [6.07, 6.45) is 0. The van der Waals surface area contributed by atoms with Crippen molar-refractivity contribution in [2.24, 2.45) is 0 Å². The van der Waals surface area contributed by atoms with Crippen LogP contribution in [0, 0.1) is 13.8 Å². The molecule has 12 heavy (non-hydrogen) atoms. The van der Waals surface area contributed by atoms with Crippen LogP contribution in [0.1, 0.15) is 11.1 Å². The van der Waals surface area contributed by atoms with Crippen LogP contribution in [-0.4, -0.2) is 11.6 Å². The molecule has 0 fully saturated rings. The number of hydrogen-bond acceptors (Lipinski definition) is 2. The summed E-state index contributed by atoms with van der Waals surface area (Å²) in [7, 11) is 0. The van der Waals surface area contributed by atoms with Gasteiger partial charge in [-0.2, -0.15) is 0 Å². The van der Waals surface area contributed by atoms with Gasteiger partial charge >= 0.3 is 0 Å². The number of carbonyl (C=O) groups is 1. The summed E-state index contributed by atoms with van der Waals surface area (Å²) < 4.78 is 0. The molecular weight excluding hydrogens is 154 g/mol. The number of anilines is 1. The monoisotopic (exact) mass is 167 g/mol. The van der Waals surface area contributed by atoms with Crippen molar-refractivity contribution >= 4 is 12.2 Å². The maximum atomic E-state index is 8.36. The molecule has 0 aliphatic heterocycles. The third-order valence-electron chi connectivity index (χ3n) is 1.65. The molecule has 0 bridgehead atoms. The van der Waals surface area contributed by atoms with Crippen LogP contribution < -0.4 is 5.73 Å². The molecule has 66 valence electrons. The number of aryl methyl sites for hydroxylation is 1. The maximum absolute atomic E-state index is 8.36. The van der Waals surface area contributed by atoms with Crippen LogP contribution in [-0.2, 0) is 4.79 Å². The molecule has 0 radical (unpaired) electrons. The van der Waals surface area contributed by atoms with E-state index >= 15 is 0 Å². The largest absolute Gasteiger partial charge is 0.483 e. The predicted molar refractivity (Wildman–Crippen MR) is 49.0 cm³/mol. The van der Waals surface area contributed by atoms with Crippen molar-refractivity contribution in [3.05, 3.63) is 29.3 Å². The lowest BCUT2D eigenvalue weighted by molar-refractivity contribution is -0.122. The number of nitrogens with two attached hydrogens (primary N) is 1. The molecule has 0 spiro atoms. The fraction of sp³-hybridized carbons (Fsp3) is 0.222. The van der Waals surface area contributed by atoms with Gasteiger partial charge in [0, 0.05) is 5.69 Å². The SMILES string of the molecule is Cc1cccc(N)c1C.O=CO. The van der Waals surface area contributed by atoms with Gasteiger partial charge < -0.3 is 10.8 Å². The minimum absolute atomic E-state index is 0.250. The van der Waals surface area contributed by atoms with Crippen molar-refractivity contribution < 1.29 is 9.90 Å². The van der Waals surface area contributed by atoms with E-state index in [1.807, 2.05) is 19.1 Å². The van der Waals surface area contributed by atoms with Gasteiger partial charge in [0.25, 0.3) is 6.47 Å². The highest BCUT2D eigenvalue weighted by Gasteiger charge is 1.92. The Morgan fingerprint density at radius 2 is 1.92 bits per heavy atom. The van der Waals surface area contributed by atoms with Crippen molar-refractivity contribution in [1.82, 2.24) is 0 Å². The first-order valence-corrected chi connectivity index (χ1v) is 3.53. The maximum Gasteiger partial charge on any atom is 0.290 e. The Labute approximate surface area is 71.8 Å². The molecule has 0 aliphatic carbocycles. The second-order valence-corrected chi connectivity index (χ2v) is 2.39. The van der Waals surface area contributed by atoms with Gasteiger partial charge in [-0.1, -0.05) is 12.1 Å². The summed E-state index contributed by atoms with van der Waals surface area (Å²) >= 11 is 0. The molecule has 0 saturated carbocycles. The molecule has 0 unspecified atom stereocenters. The minimum atomic E-state index is -0.250. The van der Waals surface area contributed by atoms with E-state index in [2.05, 4.69) is 13.0 Å². The van der Waals surface area contributed by atoms with Crippen LogP contribution in [0.5, 0.6) is 0 Å². The Morgan fingerprint density at radius 3 is 2.25 bits per heavy atom. The van der Waals surface area contributed by atoms with E-state index in [0.29, 0.717) is 0 Å². The van der Waals surface area contributed by atoms with Gasteiger partial charge in [0.2, 0.25) is 0 Å². The van der Waals surface area contributed by atoms with Crippen LogP contribution in [0.25, 0.3) is 0 Å². The zero-order valence-corrected chi connectivity index (χ0v) is 7.24. The Bertz CT molecular complexity index is 238. The quantitative estimate of drug-likeness (QED) is 0.455. The number of nitrogen functional groups attached to an aromatic ring is 1. The minimum Gasteiger partial charge on any atom is -0.483 e. The van der Waals surface area contributed by atoms with Crippen LogP contribution in [0.3, 0.4) is 0 Å². The van der Waals surface area contributed by atoms with E-state index < -0.39 is 0 Å². The standard InChI is InChI=1S/C8H11N.CH2O2/c1-6-4-3-5-8(9)7(6)2;2-1-3/h3-5H,9H2,1-2H3;1H,(H,2,3). The van der Waals surface area contributed by atoms with Gasteiger partial charge in [-0.3, -0.25) is 4.79 Å². The van der Waals surface area contributed by atoms with Crippen LogP contribution in [0.15, 0.2) is 18.2 Å². The molecule has 1 aromatic rings. The number of hydrogen-bond donors (Lipinski definition) is 2. The molecule has 0 amide bonds. The van der Waals surface area contributed by atoms with Gasteiger partial charge in [0.15, 0.2) is 0 Å². The van der Waals surface area contributed by atoms with Gasteiger partial charge in [0.05, 0.1) is 0 Å². The summed E-state index contributed by atoms with van der Waals surface area (Å²) in [6, 6.07) is 5.95. The lowest BCUT2D eigenvalue weighted by Crippen LogP contribution is -1.90. The molecule has 0 aliphatic rings.